The Balaban J connectivity index is 1.82. The number of rotatable bonds is 3. The van der Waals surface area contributed by atoms with E-state index in [4.69, 9.17) is 0 Å². The number of carbonyl (C=O) groups is 1. The van der Waals surface area contributed by atoms with Crippen LogP contribution in [0.1, 0.15) is 37.7 Å². The maximum atomic E-state index is 12.6. The van der Waals surface area contributed by atoms with Crippen LogP contribution < -0.4 is 5.56 Å². The number of amides is 1. The van der Waals surface area contributed by atoms with Crippen molar-refractivity contribution in [2.24, 2.45) is 0 Å². The van der Waals surface area contributed by atoms with Gasteiger partial charge in [-0.3, -0.25) is 14.2 Å². The summed E-state index contributed by atoms with van der Waals surface area (Å²) in [4.78, 5) is 31.2. The summed E-state index contributed by atoms with van der Waals surface area (Å²) < 4.78 is 1.42. The summed E-state index contributed by atoms with van der Waals surface area (Å²) >= 11 is 0. The fourth-order valence-electron chi connectivity index (χ4n) is 3.31. The summed E-state index contributed by atoms with van der Waals surface area (Å²) in [7, 11) is 1.85. The minimum Gasteiger partial charge on any atom is -0.341 e. The van der Waals surface area contributed by atoms with E-state index in [1.165, 1.54) is 30.2 Å². The van der Waals surface area contributed by atoms with Crippen molar-refractivity contribution >= 4 is 16.8 Å². The Labute approximate surface area is 135 Å². The molecule has 23 heavy (non-hydrogen) atoms. The van der Waals surface area contributed by atoms with Gasteiger partial charge in [-0.25, -0.2) is 4.98 Å². The lowest BCUT2D eigenvalue weighted by Crippen LogP contribution is -2.41. The summed E-state index contributed by atoms with van der Waals surface area (Å²) in [5, 5.41) is 0.570. The van der Waals surface area contributed by atoms with Crippen molar-refractivity contribution in [1.29, 1.82) is 0 Å². The molecule has 0 radical (unpaired) electrons. The zero-order valence-electron chi connectivity index (χ0n) is 13.8. The minimum atomic E-state index is -0.149. The molecule has 0 bridgehead atoms. The van der Waals surface area contributed by atoms with Crippen LogP contribution in [0.4, 0.5) is 0 Å². The third kappa shape index (κ3) is 3.28. The van der Waals surface area contributed by atoms with Gasteiger partial charge in [-0.2, -0.15) is 0 Å². The van der Waals surface area contributed by atoms with E-state index in [2.05, 4.69) is 4.98 Å². The van der Waals surface area contributed by atoms with E-state index in [0.29, 0.717) is 16.9 Å². The Morgan fingerprint density at radius 3 is 2.78 bits per heavy atom. The number of benzene rings is 1. The molecule has 0 saturated heterocycles. The normalized spacial score (nSPS) is 15.7. The molecule has 0 atom stereocenters. The van der Waals surface area contributed by atoms with Crippen molar-refractivity contribution in [1.82, 2.24) is 14.5 Å². The number of likely N-dealkylation sites (N-methyl/N-ethyl adjacent to an activating group) is 1. The van der Waals surface area contributed by atoms with Crippen LogP contribution >= 0.6 is 0 Å². The van der Waals surface area contributed by atoms with Gasteiger partial charge in [0.2, 0.25) is 5.91 Å². The molecule has 0 spiro atoms. The second kappa shape index (κ2) is 6.52. The van der Waals surface area contributed by atoms with Crippen LogP contribution in [0.3, 0.4) is 0 Å². The van der Waals surface area contributed by atoms with E-state index in [-0.39, 0.29) is 18.0 Å². The monoisotopic (exact) mass is 313 g/mol. The molecular weight excluding hydrogens is 290 g/mol. The van der Waals surface area contributed by atoms with Gasteiger partial charge >= 0.3 is 0 Å². The maximum Gasteiger partial charge on any atom is 0.261 e. The molecule has 0 aliphatic heterocycles. The molecule has 0 unspecified atom stereocenters. The summed E-state index contributed by atoms with van der Waals surface area (Å²) in [5.74, 6) is -0.0206. The van der Waals surface area contributed by atoms with Crippen LogP contribution in [0.15, 0.2) is 29.3 Å². The smallest absolute Gasteiger partial charge is 0.261 e. The fourth-order valence-corrected chi connectivity index (χ4v) is 3.31. The summed E-state index contributed by atoms with van der Waals surface area (Å²) in [6.45, 7) is 2.00. The first-order valence-corrected chi connectivity index (χ1v) is 8.28. The van der Waals surface area contributed by atoms with Crippen LogP contribution in [0, 0.1) is 6.92 Å². The molecule has 1 saturated carbocycles. The second-order valence-electron chi connectivity index (χ2n) is 6.49. The van der Waals surface area contributed by atoms with Gasteiger partial charge in [0.15, 0.2) is 0 Å². The van der Waals surface area contributed by atoms with E-state index in [1.54, 1.807) is 0 Å². The highest BCUT2D eigenvalue weighted by Gasteiger charge is 2.22. The minimum absolute atomic E-state index is 0.0206. The molecule has 1 aromatic heterocycles. The van der Waals surface area contributed by atoms with Crippen LogP contribution in [-0.2, 0) is 11.3 Å². The van der Waals surface area contributed by atoms with Crippen LogP contribution in [0.2, 0.25) is 0 Å². The first-order chi connectivity index (χ1) is 11.1. The van der Waals surface area contributed by atoms with Gasteiger partial charge in [-0.05, 0) is 31.9 Å². The van der Waals surface area contributed by atoms with Crippen molar-refractivity contribution in [2.45, 2.75) is 51.6 Å². The standard InChI is InChI=1S/C18H23N3O2/c1-13-8-9-16-15(10-13)18(23)21(12-19-16)11-17(22)20(2)14-6-4-3-5-7-14/h8-10,12,14H,3-7,11H2,1-2H3. The number of hydrogen-bond acceptors (Lipinski definition) is 3. The van der Waals surface area contributed by atoms with Gasteiger partial charge in [0.1, 0.15) is 6.54 Å². The Bertz CT molecular complexity index is 775. The molecule has 1 aliphatic carbocycles. The Morgan fingerprint density at radius 1 is 1.30 bits per heavy atom. The first kappa shape index (κ1) is 15.7. The van der Waals surface area contributed by atoms with Crippen molar-refractivity contribution in [3.8, 4) is 0 Å². The molecular formula is C18H23N3O2. The number of nitrogens with zero attached hydrogens (tertiary/aromatic N) is 3. The lowest BCUT2D eigenvalue weighted by atomic mass is 9.94. The molecule has 1 amide bonds. The Kier molecular flexibility index (Phi) is 4.46. The fraction of sp³-hybridized carbons (Fsp3) is 0.500. The number of hydrogen-bond donors (Lipinski definition) is 0. The summed E-state index contributed by atoms with van der Waals surface area (Å²) in [5.41, 5.74) is 1.54. The van der Waals surface area contributed by atoms with Crippen molar-refractivity contribution in [3.05, 3.63) is 40.4 Å². The predicted molar refractivity (Wildman–Crippen MR) is 90.4 cm³/mol. The quantitative estimate of drug-likeness (QED) is 0.875. The SMILES string of the molecule is Cc1ccc2ncn(CC(=O)N(C)C3CCCCC3)c(=O)c2c1. The number of aromatic nitrogens is 2. The average Bonchev–Trinajstić information content (AvgIpc) is 2.58. The molecule has 1 aromatic carbocycles. The molecule has 0 N–H and O–H groups in total. The lowest BCUT2D eigenvalue weighted by molar-refractivity contribution is -0.133. The molecule has 1 fully saturated rings. The first-order valence-electron chi connectivity index (χ1n) is 8.28. The average molecular weight is 313 g/mol. The predicted octanol–water partition coefficient (Wildman–Crippen LogP) is 2.50. The van der Waals surface area contributed by atoms with Gasteiger partial charge in [0, 0.05) is 13.1 Å². The van der Waals surface area contributed by atoms with Crippen LogP contribution in [-0.4, -0.2) is 33.4 Å². The van der Waals surface area contributed by atoms with E-state index < -0.39 is 0 Å². The van der Waals surface area contributed by atoms with Gasteiger partial charge in [-0.1, -0.05) is 30.9 Å². The van der Waals surface area contributed by atoms with E-state index in [1.807, 2.05) is 37.1 Å². The van der Waals surface area contributed by atoms with E-state index >= 15 is 0 Å². The zero-order valence-corrected chi connectivity index (χ0v) is 13.8. The number of carbonyl (C=O) groups excluding carboxylic acids is 1. The molecule has 1 aliphatic rings. The molecule has 1 heterocycles. The van der Waals surface area contributed by atoms with Crippen molar-refractivity contribution in [2.75, 3.05) is 7.05 Å². The summed E-state index contributed by atoms with van der Waals surface area (Å²) in [6.07, 6.45) is 7.22. The van der Waals surface area contributed by atoms with Gasteiger partial charge in [-0.15, -0.1) is 0 Å². The van der Waals surface area contributed by atoms with Crippen LogP contribution in [0.25, 0.3) is 10.9 Å². The number of fused-ring (bicyclic) bond motifs is 1. The molecule has 2 aromatic rings. The zero-order chi connectivity index (χ0) is 16.4. The van der Waals surface area contributed by atoms with Crippen molar-refractivity contribution in [3.63, 3.8) is 0 Å². The van der Waals surface area contributed by atoms with Gasteiger partial charge in [0.05, 0.1) is 17.2 Å². The van der Waals surface area contributed by atoms with Gasteiger partial charge in [0.25, 0.3) is 5.56 Å². The second-order valence-corrected chi connectivity index (χ2v) is 6.49. The van der Waals surface area contributed by atoms with Crippen LogP contribution in [0.5, 0.6) is 0 Å². The third-order valence-electron chi connectivity index (χ3n) is 4.80. The summed E-state index contributed by atoms with van der Waals surface area (Å²) in [6, 6.07) is 5.91. The largest absolute Gasteiger partial charge is 0.341 e. The van der Waals surface area contributed by atoms with Gasteiger partial charge < -0.3 is 4.90 Å². The van der Waals surface area contributed by atoms with Crippen molar-refractivity contribution < 1.29 is 4.79 Å². The maximum absolute atomic E-state index is 12.6. The molecule has 5 heteroatoms. The van der Waals surface area contributed by atoms with E-state index in [9.17, 15) is 9.59 Å². The highest BCUT2D eigenvalue weighted by atomic mass is 16.2. The Morgan fingerprint density at radius 2 is 2.04 bits per heavy atom. The topological polar surface area (TPSA) is 55.2 Å². The Hall–Kier alpha value is -2.17. The highest BCUT2D eigenvalue weighted by molar-refractivity contribution is 5.79. The lowest BCUT2D eigenvalue weighted by Gasteiger charge is -2.31. The highest BCUT2D eigenvalue weighted by Crippen LogP contribution is 2.21. The molecule has 5 nitrogen and oxygen atoms in total. The van der Waals surface area contributed by atoms with E-state index in [0.717, 1.165) is 18.4 Å². The third-order valence-corrected chi connectivity index (χ3v) is 4.80. The number of aryl methyl sites for hydroxylation is 1. The molecule has 122 valence electrons. The molecule has 3 rings (SSSR count).